The van der Waals surface area contributed by atoms with E-state index in [4.69, 9.17) is 9.47 Å². The standard InChI is InChI=1S/C18H22N2O6S2/c1-25-15-7-10-17(18(13-15)26-2)19-28(23,24)16-8-5-14(6-9-16)20-11-3-4-12-27(20,21)22/h5-10,13,19H,3-4,11-12H2,1-2H3. The largest absolute Gasteiger partial charge is 0.497 e. The van der Waals surface area contributed by atoms with Gasteiger partial charge in [-0.1, -0.05) is 0 Å². The highest BCUT2D eigenvalue weighted by Gasteiger charge is 2.26. The Hall–Kier alpha value is -2.46. The van der Waals surface area contributed by atoms with E-state index < -0.39 is 20.0 Å². The first-order valence-electron chi connectivity index (χ1n) is 8.62. The lowest BCUT2D eigenvalue weighted by Gasteiger charge is -2.28. The van der Waals surface area contributed by atoms with E-state index in [0.29, 0.717) is 30.2 Å². The predicted octanol–water partition coefficient (Wildman–Crippen LogP) is 2.43. The van der Waals surface area contributed by atoms with Crippen LogP contribution in [0.3, 0.4) is 0 Å². The Kier molecular flexibility index (Phi) is 5.71. The molecule has 0 atom stereocenters. The maximum absolute atomic E-state index is 12.7. The van der Waals surface area contributed by atoms with Gasteiger partial charge < -0.3 is 9.47 Å². The Morgan fingerprint density at radius 1 is 1.00 bits per heavy atom. The van der Waals surface area contributed by atoms with Crippen molar-refractivity contribution in [3.05, 3.63) is 42.5 Å². The van der Waals surface area contributed by atoms with Gasteiger partial charge in [-0.25, -0.2) is 16.8 Å². The molecule has 0 aliphatic carbocycles. The van der Waals surface area contributed by atoms with Crippen LogP contribution in [0.25, 0.3) is 0 Å². The molecule has 0 saturated carbocycles. The molecule has 152 valence electrons. The molecule has 0 bridgehead atoms. The second kappa shape index (κ2) is 7.88. The van der Waals surface area contributed by atoms with E-state index in [1.807, 2.05) is 0 Å². The maximum atomic E-state index is 12.7. The smallest absolute Gasteiger partial charge is 0.262 e. The zero-order chi connectivity index (χ0) is 20.4. The van der Waals surface area contributed by atoms with E-state index in [1.165, 1.54) is 42.8 Å². The second-order valence-corrected chi connectivity index (χ2v) is 9.96. The van der Waals surface area contributed by atoms with E-state index in [2.05, 4.69) is 4.72 Å². The summed E-state index contributed by atoms with van der Waals surface area (Å²) < 4.78 is 63.9. The summed E-state index contributed by atoms with van der Waals surface area (Å²) >= 11 is 0. The molecular formula is C18H22N2O6S2. The van der Waals surface area contributed by atoms with Gasteiger partial charge in [-0.15, -0.1) is 0 Å². The Balaban J connectivity index is 1.85. The van der Waals surface area contributed by atoms with Gasteiger partial charge in [-0.05, 0) is 49.2 Å². The van der Waals surface area contributed by atoms with Crippen LogP contribution in [-0.4, -0.2) is 43.4 Å². The lowest BCUT2D eigenvalue weighted by Crippen LogP contribution is -2.37. The van der Waals surface area contributed by atoms with Crippen LogP contribution in [0.2, 0.25) is 0 Å². The van der Waals surface area contributed by atoms with Gasteiger partial charge in [0.2, 0.25) is 10.0 Å². The first-order chi connectivity index (χ1) is 13.3. The predicted molar refractivity (Wildman–Crippen MR) is 107 cm³/mol. The second-order valence-electron chi connectivity index (χ2n) is 6.26. The Bertz CT molecular complexity index is 1050. The molecule has 2 aromatic carbocycles. The zero-order valence-electron chi connectivity index (χ0n) is 15.6. The molecule has 2 aromatic rings. The number of anilines is 2. The monoisotopic (exact) mass is 426 g/mol. The molecule has 1 aliphatic heterocycles. The third-order valence-electron chi connectivity index (χ3n) is 4.44. The van der Waals surface area contributed by atoms with Crippen molar-refractivity contribution in [2.75, 3.05) is 35.5 Å². The molecule has 0 unspecified atom stereocenters. The van der Waals surface area contributed by atoms with Crippen molar-refractivity contribution in [2.24, 2.45) is 0 Å². The number of ether oxygens (including phenoxy) is 2. The molecule has 1 fully saturated rings. The molecule has 0 amide bonds. The summed E-state index contributed by atoms with van der Waals surface area (Å²) in [6.45, 7) is 0.399. The van der Waals surface area contributed by atoms with Crippen LogP contribution in [0.1, 0.15) is 12.8 Å². The van der Waals surface area contributed by atoms with Crippen LogP contribution < -0.4 is 18.5 Å². The van der Waals surface area contributed by atoms with Crippen LogP contribution in [0.15, 0.2) is 47.4 Å². The molecule has 1 saturated heterocycles. The van der Waals surface area contributed by atoms with Gasteiger partial charge in [0.25, 0.3) is 10.0 Å². The van der Waals surface area contributed by atoms with Crippen molar-refractivity contribution in [1.29, 1.82) is 0 Å². The highest BCUT2D eigenvalue weighted by atomic mass is 32.2. The lowest BCUT2D eigenvalue weighted by molar-refractivity contribution is 0.395. The van der Waals surface area contributed by atoms with Crippen molar-refractivity contribution in [2.45, 2.75) is 17.7 Å². The normalized spacial score (nSPS) is 16.4. The number of hydrogen-bond donors (Lipinski definition) is 1. The van der Waals surface area contributed by atoms with Crippen LogP contribution >= 0.6 is 0 Å². The number of nitrogens with one attached hydrogen (secondary N) is 1. The van der Waals surface area contributed by atoms with Gasteiger partial charge in [-0.2, -0.15) is 0 Å². The summed E-state index contributed by atoms with van der Waals surface area (Å²) in [6, 6.07) is 10.5. The molecule has 1 N–H and O–H groups in total. The van der Waals surface area contributed by atoms with E-state index in [9.17, 15) is 16.8 Å². The lowest BCUT2D eigenvalue weighted by atomic mass is 10.3. The Morgan fingerprint density at radius 3 is 2.32 bits per heavy atom. The summed E-state index contributed by atoms with van der Waals surface area (Å²) in [5.74, 6) is 0.956. The fourth-order valence-corrected chi connectivity index (χ4v) is 5.67. The molecule has 10 heteroatoms. The van der Waals surface area contributed by atoms with Crippen LogP contribution in [0, 0.1) is 0 Å². The molecule has 0 aromatic heterocycles. The zero-order valence-corrected chi connectivity index (χ0v) is 17.2. The minimum atomic E-state index is -3.88. The highest BCUT2D eigenvalue weighted by Crippen LogP contribution is 2.31. The van der Waals surface area contributed by atoms with E-state index in [-0.39, 0.29) is 16.3 Å². The fourth-order valence-electron chi connectivity index (χ4n) is 2.96. The third-order valence-corrected chi connectivity index (χ3v) is 7.69. The summed E-state index contributed by atoms with van der Waals surface area (Å²) in [6.07, 6.45) is 1.41. The molecule has 1 heterocycles. The molecule has 8 nitrogen and oxygen atoms in total. The number of hydrogen-bond acceptors (Lipinski definition) is 6. The first-order valence-corrected chi connectivity index (χ1v) is 11.7. The van der Waals surface area contributed by atoms with Crippen molar-refractivity contribution in [3.63, 3.8) is 0 Å². The highest BCUT2D eigenvalue weighted by molar-refractivity contribution is 7.93. The quantitative estimate of drug-likeness (QED) is 0.761. The molecule has 0 spiro atoms. The Morgan fingerprint density at radius 2 is 1.71 bits per heavy atom. The molecule has 0 radical (unpaired) electrons. The van der Waals surface area contributed by atoms with Gasteiger partial charge in [0.05, 0.1) is 36.2 Å². The average molecular weight is 427 g/mol. The summed E-state index contributed by atoms with van der Waals surface area (Å²) in [5, 5.41) is 0. The molecule has 28 heavy (non-hydrogen) atoms. The molecule has 1 aliphatic rings. The Labute approximate surface area is 165 Å². The molecule has 3 rings (SSSR count). The van der Waals surface area contributed by atoms with Crippen molar-refractivity contribution in [1.82, 2.24) is 0 Å². The van der Waals surface area contributed by atoms with Gasteiger partial charge in [0, 0.05) is 12.6 Å². The van der Waals surface area contributed by atoms with Crippen molar-refractivity contribution >= 4 is 31.4 Å². The van der Waals surface area contributed by atoms with Crippen LogP contribution in [0.5, 0.6) is 11.5 Å². The number of sulfonamides is 2. The number of nitrogens with zero attached hydrogens (tertiary/aromatic N) is 1. The van der Waals surface area contributed by atoms with E-state index in [1.54, 1.807) is 18.2 Å². The third kappa shape index (κ3) is 4.17. The number of methoxy groups -OCH3 is 2. The molecular weight excluding hydrogens is 404 g/mol. The number of rotatable bonds is 6. The minimum absolute atomic E-state index is 0.0172. The maximum Gasteiger partial charge on any atom is 0.262 e. The summed E-state index contributed by atoms with van der Waals surface area (Å²) in [7, 11) is -4.30. The minimum Gasteiger partial charge on any atom is -0.497 e. The van der Waals surface area contributed by atoms with E-state index in [0.717, 1.165) is 6.42 Å². The summed E-state index contributed by atoms with van der Waals surface area (Å²) in [5.41, 5.74) is 0.728. The topological polar surface area (TPSA) is 102 Å². The van der Waals surface area contributed by atoms with Gasteiger partial charge in [0.15, 0.2) is 0 Å². The van der Waals surface area contributed by atoms with Crippen LogP contribution in [0.4, 0.5) is 11.4 Å². The van der Waals surface area contributed by atoms with Crippen molar-refractivity contribution < 1.29 is 26.3 Å². The van der Waals surface area contributed by atoms with Gasteiger partial charge >= 0.3 is 0 Å². The van der Waals surface area contributed by atoms with Gasteiger partial charge in [0.1, 0.15) is 11.5 Å². The van der Waals surface area contributed by atoms with Crippen molar-refractivity contribution in [3.8, 4) is 11.5 Å². The summed E-state index contributed by atoms with van der Waals surface area (Å²) in [4.78, 5) is 0.0172. The van der Waals surface area contributed by atoms with Gasteiger partial charge in [-0.3, -0.25) is 9.03 Å². The average Bonchev–Trinajstić information content (AvgIpc) is 2.68. The first kappa shape index (κ1) is 20.3. The SMILES string of the molecule is COc1ccc(NS(=O)(=O)c2ccc(N3CCCCS3(=O)=O)cc2)c(OC)c1. The number of benzene rings is 2. The van der Waals surface area contributed by atoms with E-state index >= 15 is 0 Å². The fraction of sp³-hybridized carbons (Fsp3) is 0.333. The van der Waals surface area contributed by atoms with Crippen LogP contribution in [-0.2, 0) is 20.0 Å².